The average Bonchev–Trinajstić information content (AvgIpc) is 2.68. The van der Waals surface area contributed by atoms with E-state index < -0.39 is 0 Å². The first kappa shape index (κ1) is 19.7. The highest BCUT2D eigenvalue weighted by atomic mass is 16.5. The predicted octanol–water partition coefficient (Wildman–Crippen LogP) is 5.02. The molecule has 1 heterocycles. The maximum Gasteiger partial charge on any atom is 0.225 e. The molecule has 0 saturated carbocycles. The normalized spacial score (nSPS) is 11.1. The third kappa shape index (κ3) is 5.71. The van der Waals surface area contributed by atoms with Crippen molar-refractivity contribution >= 4 is 11.8 Å². The van der Waals surface area contributed by atoms with Gasteiger partial charge < -0.3 is 15.4 Å². The van der Waals surface area contributed by atoms with Gasteiger partial charge in [0.15, 0.2) is 0 Å². The SMILES string of the molecule is COc1ccc(CCNc2nc(NC(C)(C)C)cc(-c3ccccc3)n2)cc1. The molecule has 0 aliphatic carbocycles. The summed E-state index contributed by atoms with van der Waals surface area (Å²) in [7, 11) is 1.68. The van der Waals surface area contributed by atoms with E-state index in [2.05, 4.69) is 60.7 Å². The van der Waals surface area contributed by atoms with Gasteiger partial charge in [0.2, 0.25) is 5.95 Å². The Morgan fingerprint density at radius 3 is 2.29 bits per heavy atom. The van der Waals surface area contributed by atoms with Crippen molar-refractivity contribution in [2.75, 3.05) is 24.3 Å². The second-order valence-corrected chi connectivity index (χ2v) is 7.73. The minimum atomic E-state index is -0.0807. The van der Waals surface area contributed by atoms with Crippen LogP contribution in [0, 0.1) is 0 Å². The van der Waals surface area contributed by atoms with Gasteiger partial charge in [-0.05, 0) is 44.9 Å². The minimum Gasteiger partial charge on any atom is -0.497 e. The molecule has 0 radical (unpaired) electrons. The third-order valence-electron chi connectivity index (χ3n) is 4.15. The molecular formula is C23H28N4O. The molecular weight excluding hydrogens is 348 g/mol. The Hall–Kier alpha value is -3.08. The second-order valence-electron chi connectivity index (χ2n) is 7.73. The molecule has 28 heavy (non-hydrogen) atoms. The fourth-order valence-electron chi connectivity index (χ4n) is 2.84. The van der Waals surface area contributed by atoms with Crippen molar-refractivity contribution in [2.24, 2.45) is 0 Å². The Morgan fingerprint density at radius 2 is 1.64 bits per heavy atom. The van der Waals surface area contributed by atoms with Crippen LogP contribution >= 0.6 is 0 Å². The molecule has 3 rings (SSSR count). The number of rotatable bonds is 7. The molecule has 0 atom stereocenters. The molecule has 0 amide bonds. The van der Waals surface area contributed by atoms with Crippen LogP contribution in [0.15, 0.2) is 60.7 Å². The van der Waals surface area contributed by atoms with Gasteiger partial charge in [0.25, 0.3) is 0 Å². The molecule has 0 aliphatic rings. The van der Waals surface area contributed by atoms with E-state index in [9.17, 15) is 0 Å². The Kier molecular flexibility index (Phi) is 6.14. The smallest absolute Gasteiger partial charge is 0.225 e. The monoisotopic (exact) mass is 376 g/mol. The number of hydrogen-bond donors (Lipinski definition) is 2. The summed E-state index contributed by atoms with van der Waals surface area (Å²) in [6.07, 6.45) is 0.880. The predicted molar refractivity (Wildman–Crippen MR) is 116 cm³/mol. The Morgan fingerprint density at radius 1 is 0.929 bits per heavy atom. The first-order chi connectivity index (χ1) is 13.4. The Labute approximate surface area is 167 Å². The second kappa shape index (κ2) is 8.74. The van der Waals surface area contributed by atoms with Gasteiger partial charge in [0.05, 0.1) is 12.8 Å². The zero-order valence-corrected chi connectivity index (χ0v) is 17.0. The summed E-state index contributed by atoms with van der Waals surface area (Å²) in [4.78, 5) is 9.36. The zero-order valence-electron chi connectivity index (χ0n) is 17.0. The van der Waals surface area contributed by atoms with Gasteiger partial charge >= 0.3 is 0 Å². The lowest BCUT2D eigenvalue weighted by molar-refractivity contribution is 0.414. The van der Waals surface area contributed by atoms with Crippen LogP contribution in [0.4, 0.5) is 11.8 Å². The maximum absolute atomic E-state index is 5.21. The van der Waals surface area contributed by atoms with Crippen LogP contribution in [0.25, 0.3) is 11.3 Å². The van der Waals surface area contributed by atoms with Crippen molar-refractivity contribution in [3.8, 4) is 17.0 Å². The van der Waals surface area contributed by atoms with Gasteiger partial charge in [-0.15, -0.1) is 0 Å². The van der Waals surface area contributed by atoms with Crippen LogP contribution in [0.3, 0.4) is 0 Å². The van der Waals surface area contributed by atoms with Gasteiger partial charge in [0, 0.05) is 23.7 Å². The molecule has 0 fully saturated rings. The topological polar surface area (TPSA) is 59.1 Å². The summed E-state index contributed by atoms with van der Waals surface area (Å²) in [5.41, 5.74) is 3.12. The van der Waals surface area contributed by atoms with Crippen LogP contribution in [0.2, 0.25) is 0 Å². The third-order valence-corrected chi connectivity index (χ3v) is 4.15. The number of benzene rings is 2. The highest BCUT2D eigenvalue weighted by Crippen LogP contribution is 2.23. The van der Waals surface area contributed by atoms with E-state index in [1.807, 2.05) is 36.4 Å². The number of ether oxygens (including phenoxy) is 1. The lowest BCUT2D eigenvalue weighted by Gasteiger charge is -2.22. The van der Waals surface area contributed by atoms with Gasteiger partial charge in [-0.2, -0.15) is 4.98 Å². The number of methoxy groups -OCH3 is 1. The van der Waals surface area contributed by atoms with Crippen molar-refractivity contribution in [3.63, 3.8) is 0 Å². The van der Waals surface area contributed by atoms with Gasteiger partial charge in [-0.25, -0.2) is 4.98 Å². The lowest BCUT2D eigenvalue weighted by atomic mass is 10.1. The summed E-state index contributed by atoms with van der Waals surface area (Å²) in [5.74, 6) is 2.31. The minimum absolute atomic E-state index is 0.0807. The quantitative estimate of drug-likeness (QED) is 0.606. The molecule has 0 unspecified atom stereocenters. The summed E-state index contributed by atoms with van der Waals surface area (Å²) >= 11 is 0. The van der Waals surface area contributed by atoms with Crippen molar-refractivity contribution in [3.05, 3.63) is 66.2 Å². The van der Waals surface area contributed by atoms with E-state index in [-0.39, 0.29) is 5.54 Å². The van der Waals surface area contributed by atoms with Crippen LogP contribution < -0.4 is 15.4 Å². The number of hydrogen-bond acceptors (Lipinski definition) is 5. The van der Waals surface area contributed by atoms with Crippen molar-refractivity contribution in [2.45, 2.75) is 32.7 Å². The van der Waals surface area contributed by atoms with Gasteiger partial charge in [-0.1, -0.05) is 42.5 Å². The van der Waals surface area contributed by atoms with Crippen LogP contribution in [0.5, 0.6) is 5.75 Å². The summed E-state index contributed by atoms with van der Waals surface area (Å²) in [5, 5.41) is 6.81. The maximum atomic E-state index is 5.21. The Balaban J connectivity index is 1.75. The van der Waals surface area contributed by atoms with E-state index in [1.54, 1.807) is 7.11 Å². The highest BCUT2D eigenvalue weighted by Gasteiger charge is 2.13. The summed E-state index contributed by atoms with van der Waals surface area (Å²) < 4.78 is 5.21. The summed E-state index contributed by atoms with van der Waals surface area (Å²) in [6.45, 7) is 7.11. The molecule has 2 aromatic carbocycles. The van der Waals surface area contributed by atoms with E-state index in [0.717, 1.165) is 35.8 Å². The van der Waals surface area contributed by atoms with Crippen molar-refractivity contribution in [1.82, 2.24) is 9.97 Å². The van der Waals surface area contributed by atoms with Gasteiger partial charge in [0.1, 0.15) is 11.6 Å². The molecule has 5 nitrogen and oxygen atoms in total. The molecule has 146 valence electrons. The largest absolute Gasteiger partial charge is 0.497 e. The average molecular weight is 377 g/mol. The highest BCUT2D eigenvalue weighted by molar-refractivity contribution is 5.64. The molecule has 2 N–H and O–H groups in total. The van der Waals surface area contributed by atoms with E-state index in [1.165, 1.54) is 5.56 Å². The standard InChI is InChI=1S/C23H28N4O/c1-23(2,3)27-21-16-20(18-8-6-5-7-9-18)25-22(26-21)24-15-14-17-10-12-19(28-4)13-11-17/h5-13,16H,14-15H2,1-4H3,(H2,24,25,26,27). The molecule has 0 saturated heterocycles. The Bertz CT molecular complexity index is 887. The van der Waals surface area contributed by atoms with Crippen LogP contribution in [-0.4, -0.2) is 29.2 Å². The number of nitrogens with zero attached hydrogens (tertiary/aromatic N) is 2. The molecule has 0 spiro atoms. The van der Waals surface area contributed by atoms with E-state index in [0.29, 0.717) is 5.95 Å². The summed E-state index contributed by atoms with van der Waals surface area (Å²) in [6, 6.07) is 20.3. The first-order valence-corrected chi connectivity index (χ1v) is 9.52. The first-order valence-electron chi connectivity index (χ1n) is 9.52. The zero-order chi connectivity index (χ0) is 20.0. The number of nitrogens with one attached hydrogen (secondary N) is 2. The van der Waals surface area contributed by atoms with E-state index >= 15 is 0 Å². The van der Waals surface area contributed by atoms with E-state index in [4.69, 9.17) is 9.72 Å². The number of anilines is 2. The van der Waals surface area contributed by atoms with Crippen LogP contribution in [0.1, 0.15) is 26.3 Å². The molecule has 5 heteroatoms. The fraction of sp³-hybridized carbons (Fsp3) is 0.304. The molecule has 3 aromatic rings. The lowest BCUT2D eigenvalue weighted by Crippen LogP contribution is -2.27. The number of aromatic nitrogens is 2. The molecule has 0 bridgehead atoms. The molecule has 0 aliphatic heterocycles. The van der Waals surface area contributed by atoms with Crippen LogP contribution in [-0.2, 0) is 6.42 Å². The van der Waals surface area contributed by atoms with Crippen molar-refractivity contribution in [1.29, 1.82) is 0 Å². The fourth-order valence-corrected chi connectivity index (χ4v) is 2.84. The molecule has 1 aromatic heterocycles. The van der Waals surface area contributed by atoms with Gasteiger partial charge in [-0.3, -0.25) is 0 Å². The van der Waals surface area contributed by atoms with Crippen molar-refractivity contribution < 1.29 is 4.74 Å².